The first-order valence-electron chi connectivity index (χ1n) is 11.1. The molecule has 27 heavy (non-hydrogen) atoms. The summed E-state index contributed by atoms with van der Waals surface area (Å²) in [5.74, 6) is 0. The van der Waals surface area contributed by atoms with Crippen LogP contribution in [-0.2, 0) is 10.0 Å². The van der Waals surface area contributed by atoms with Gasteiger partial charge in [-0.15, -0.1) is 0 Å². The Morgan fingerprint density at radius 2 is 1.15 bits per heavy atom. The Hall–Kier alpha value is -0.870. The van der Waals surface area contributed by atoms with E-state index in [-0.39, 0.29) is 0 Å². The molecule has 0 fully saturated rings. The number of nitrogens with zero attached hydrogens (tertiary/aromatic N) is 1. The Labute approximate surface area is 168 Å². The molecule has 1 rings (SSSR count). The molecular formula is C23H41NO2S. The highest BCUT2D eigenvalue weighted by Gasteiger charge is 2.24. The van der Waals surface area contributed by atoms with Crippen LogP contribution in [0.2, 0.25) is 0 Å². The summed E-state index contributed by atoms with van der Waals surface area (Å²) in [5, 5.41) is 0. The maximum atomic E-state index is 13.2. The van der Waals surface area contributed by atoms with Crippen LogP contribution in [0.5, 0.6) is 0 Å². The predicted octanol–water partition coefficient (Wildman–Crippen LogP) is 6.71. The molecule has 0 atom stereocenters. The summed E-state index contributed by atoms with van der Waals surface area (Å²) in [6, 6.07) is 7.37. The van der Waals surface area contributed by atoms with Crippen molar-refractivity contribution < 1.29 is 8.42 Å². The third-order valence-electron chi connectivity index (χ3n) is 5.23. The van der Waals surface area contributed by atoms with Crippen LogP contribution in [0, 0.1) is 6.92 Å². The fourth-order valence-corrected chi connectivity index (χ4v) is 5.22. The summed E-state index contributed by atoms with van der Waals surface area (Å²) in [6.45, 7) is 7.63. The van der Waals surface area contributed by atoms with Crippen molar-refractivity contribution in [2.75, 3.05) is 13.1 Å². The minimum absolute atomic E-state index is 0.474. The van der Waals surface area contributed by atoms with Crippen molar-refractivity contribution in [3.05, 3.63) is 29.8 Å². The summed E-state index contributed by atoms with van der Waals surface area (Å²) in [6.07, 6.45) is 14.2. The van der Waals surface area contributed by atoms with Gasteiger partial charge in [-0.1, -0.05) is 96.3 Å². The first kappa shape index (κ1) is 24.2. The third kappa shape index (κ3) is 9.25. The highest BCUT2D eigenvalue weighted by atomic mass is 32.2. The van der Waals surface area contributed by atoms with Gasteiger partial charge in [0.1, 0.15) is 0 Å². The fourth-order valence-electron chi connectivity index (χ4n) is 3.47. The summed E-state index contributed by atoms with van der Waals surface area (Å²) in [7, 11) is -3.39. The van der Waals surface area contributed by atoms with Crippen LogP contribution < -0.4 is 0 Å². The molecule has 0 aliphatic rings. The second kappa shape index (κ2) is 14.2. The van der Waals surface area contributed by atoms with Gasteiger partial charge in [0.2, 0.25) is 10.0 Å². The zero-order valence-electron chi connectivity index (χ0n) is 17.9. The van der Waals surface area contributed by atoms with Crippen molar-refractivity contribution in [3.63, 3.8) is 0 Å². The quantitative estimate of drug-likeness (QED) is 0.292. The topological polar surface area (TPSA) is 37.4 Å². The molecule has 0 radical (unpaired) electrons. The van der Waals surface area contributed by atoms with Gasteiger partial charge in [-0.05, 0) is 31.4 Å². The largest absolute Gasteiger partial charge is 0.243 e. The smallest absolute Gasteiger partial charge is 0.207 e. The van der Waals surface area contributed by atoms with Gasteiger partial charge in [-0.3, -0.25) is 0 Å². The standard InChI is InChI=1S/C23H41NO2S/c1-4-6-8-10-12-16-20-24(21-17-13-11-9-7-5-2)27(25,26)23-19-15-14-18-22(23)3/h14-15,18-19H,4-13,16-17,20-21H2,1-3H3. The number of aryl methyl sites for hydroxylation is 1. The number of benzene rings is 1. The van der Waals surface area contributed by atoms with Gasteiger partial charge in [0, 0.05) is 13.1 Å². The van der Waals surface area contributed by atoms with Crippen LogP contribution >= 0.6 is 0 Å². The molecule has 0 amide bonds. The van der Waals surface area contributed by atoms with E-state index in [0.29, 0.717) is 18.0 Å². The first-order chi connectivity index (χ1) is 13.0. The maximum absolute atomic E-state index is 13.2. The first-order valence-corrected chi connectivity index (χ1v) is 12.5. The van der Waals surface area contributed by atoms with Gasteiger partial charge in [0.25, 0.3) is 0 Å². The monoisotopic (exact) mass is 395 g/mol. The minimum Gasteiger partial charge on any atom is -0.207 e. The SMILES string of the molecule is CCCCCCCCN(CCCCCCCC)S(=O)(=O)c1ccccc1C. The van der Waals surface area contributed by atoms with E-state index in [2.05, 4.69) is 13.8 Å². The average Bonchev–Trinajstić information content (AvgIpc) is 2.65. The van der Waals surface area contributed by atoms with Gasteiger partial charge < -0.3 is 0 Å². The van der Waals surface area contributed by atoms with Crippen molar-refractivity contribution >= 4 is 10.0 Å². The van der Waals surface area contributed by atoms with Crippen molar-refractivity contribution in [1.82, 2.24) is 4.31 Å². The molecule has 3 nitrogen and oxygen atoms in total. The fraction of sp³-hybridized carbons (Fsp3) is 0.739. The molecule has 0 unspecified atom stereocenters. The van der Waals surface area contributed by atoms with Gasteiger partial charge in [0.15, 0.2) is 0 Å². The van der Waals surface area contributed by atoms with Crippen molar-refractivity contribution in [1.29, 1.82) is 0 Å². The molecule has 0 heterocycles. The molecule has 0 bridgehead atoms. The molecule has 0 N–H and O–H groups in total. The molecular weight excluding hydrogens is 354 g/mol. The molecule has 0 saturated heterocycles. The van der Waals surface area contributed by atoms with Gasteiger partial charge in [-0.25, -0.2) is 8.42 Å². The molecule has 0 saturated carbocycles. The van der Waals surface area contributed by atoms with Crippen LogP contribution in [0.4, 0.5) is 0 Å². The second-order valence-electron chi connectivity index (χ2n) is 7.71. The second-order valence-corrected chi connectivity index (χ2v) is 9.61. The minimum atomic E-state index is -3.39. The molecule has 0 aromatic heterocycles. The number of unbranched alkanes of at least 4 members (excludes halogenated alkanes) is 10. The van der Waals surface area contributed by atoms with E-state index in [1.807, 2.05) is 25.1 Å². The highest BCUT2D eigenvalue weighted by molar-refractivity contribution is 7.89. The number of rotatable bonds is 16. The number of hydrogen-bond donors (Lipinski definition) is 0. The van der Waals surface area contributed by atoms with Crippen molar-refractivity contribution in [2.45, 2.75) is 103 Å². The Bertz CT molecular complexity index is 582. The maximum Gasteiger partial charge on any atom is 0.243 e. The number of hydrogen-bond acceptors (Lipinski definition) is 2. The lowest BCUT2D eigenvalue weighted by Crippen LogP contribution is -2.33. The molecule has 0 spiro atoms. The van der Waals surface area contributed by atoms with Gasteiger partial charge >= 0.3 is 0 Å². The van der Waals surface area contributed by atoms with Crippen LogP contribution in [0.3, 0.4) is 0 Å². The summed E-state index contributed by atoms with van der Waals surface area (Å²) < 4.78 is 28.2. The van der Waals surface area contributed by atoms with Gasteiger partial charge in [-0.2, -0.15) is 4.31 Å². The van der Waals surface area contributed by atoms with Gasteiger partial charge in [0.05, 0.1) is 4.90 Å². The molecule has 1 aromatic carbocycles. The average molecular weight is 396 g/mol. The van der Waals surface area contributed by atoms with E-state index >= 15 is 0 Å². The molecule has 1 aromatic rings. The Morgan fingerprint density at radius 1 is 0.704 bits per heavy atom. The van der Waals surface area contributed by atoms with Crippen LogP contribution in [0.15, 0.2) is 29.2 Å². The van der Waals surface area contributed by atoms with Crippen LogP contribution in [0.1, 0.15) is 96.5 Å². The Morgan fingerprint density at radius 3 is 1.63 bits per heavy atom. The molecule has 4 heteroatoms. The number of sulfonamides is 1. The highest BCUT2D eigenvalue weighted by Crippen LogP contribution is 2.21. The lowest BCUT2D eigenvalue weighted by Gasteiger charge is -2.23. The van der Waals surface area contributed by atoms with Crippen LogP contribution in [0.25, 0.3) is 0 Å². The van der Waals surface area contributed by atoms with Crippen LogP contribution in [-0.4, -0.2) is 25.8 Å². The summed E-state index contributed by atoms with van der Waals surface area (Å²) >= 11 is 0. The Kier molecular flexibility index (Phi) is 12.7. The normalized spacial score (nSPS) is 12.0. The van der Waals surface area contributed by atoms with E-state index in [1.54, 1.807) is 10.4 Å². The van der Waals surface area contributed by atoms with E-state index in [9.17, 15) is 8.42 Å². The summed E-state index contributed by atoms with van der Waals surface area (Å²) in [4.78, 5) is 0.474. The lowest BCUT2D eigenvalue weighted by atomic mass is 10.1. The third-order valence-corrected chi connectivity index (χ3v) is 7.29. The zero-order valence-corrected chi connectivity index (χ0v) is 18.7. The van der Waals surface area contributed by atoms with E-state index in [0.717, 1.165) is 31.2 Å². The molecule has 0 aliphatic carbocycles. The predicted molar refractivity (Wildman–Crippen MR) is 117 cm³/mol. The van der Waals surface area contributed by atoms with Crippen molar-refractivity contribution in [3.8, 4) is 0 Å². The molecule has 0 aliphatic heterocycles. The Balaban J connectivity index is 2.64. The summed E-state index contributed by atoms with van der Waals surface area (Å²) in [5.41, 5.74) is 0.841. The zero-order chi connectivity index (χ0) is 20.0. The molecule has 156 valence electrons. The lowest BCUT2D eigenvalue weighted by molar-refractivity contribution is 0.383. The van der Waals surface area contributed by atoms with E-state index in [1.165, 1.54) is 51.4 Å². The van der Waals surface area contributed by atoms with E-state index in [4.69, 9.17) is 0 Å². The van der Waals surface area contributed by atoms with E-state index < -0.39 is 10.0 Å². The van der Waals surface area contributed by atoms with Crippen molar-refractivity contribution in [2.24, 2.45) is 0 Å².